The van der Waals surface area contributed by atoms with Crippen LogP contribution in [0, 0.1) is 0 Å². The maximum absolute atomic E-state index is 13.6. The molecule has 12 N–H and O–H groups in total. The highest BCUT2D eigenvalue weighted by atomic mass is 35.5. The second kappa shape index (κ2) is 25.9. The van der Waals surface area contributed by atoms with E-state index in [9.17, 15) is 45.6 Å². The van der Waals surface area contributed by atoms with Gasteiger partial charge in [-0.2, -0.15) is 38.5 Å². The fraction of sp³-hybridized carbons (Fsp3) is 0.217. The molecular weight excluding hydrogens is 1100 g/mol. The van der Waals surface area contributed by atoms with Crippen LogP contribution >= 0.6 is 23.2 Å². The number of sulfonamides is 2. The van der Waals surface area contributed by atoms with Crippen molar-refractivity contribution in [3.63, 3.8) is 0 Å². The van der Waals surface area contributed by atoms with Gasteiger partial charge < -0.3 is 53.7 Å². The maximum Gasteiger partial charge on any atom is 0.338 e. The summed E-state index contributed by atoms with van der Waals surface area (Å²) in [5, 5.41) is 11.0. The number of anilines is 8. The first-order chi connectivity index (χ1) is 36.9. The number of carbonyl (C=O) groups excluding carboxylic acids is 6. The van der Waals surface area contributed by atoms with E-state index in [0.717, 1.165) is 22.8 Å². The molecule has 0 saturated heterocycles. The number of nitrogens with one attached hydrogen (secondary N) is 4. The third kappa shape index (κ3) is 15.7. The second-order valence-corrected chi connectivity index (χ2v) is 20.8. The lowest BCUT2D eigenvalue weighted by atomic mass is 9.94. The first-order valence-corrected chi connectivity index (χ1v) is 26.3. The zero-order chi connectivity index (χ0) is 56.9. The van der Waals surface area contributed by atoms with Gasteiger partial charge in [-0.1, -0.05) is 24.3 Å². The van der Waals surface area contributed by atoms with E-state index < -0.39 is 55.6 Å². The molecule has 0 aliphatic rings. The minimum Gasteiger partial charge on any atom is -0.465 e. The highest BCUT2D eigenvalue weighted by Gasteiger charge is 2.28. The first kappa shape index (κ1) is 58.6. The molecule has 2 aromatic heterocycles. The predicted molar refractivity (Wildman–Crippen MR) is 283 cm³/mol. The number of methoxy groups -OCH3 is 2. The predicted octanol–water partition coefficient (Wildman–Crippen LogP) is 3.06. The summed E-state index contributed by atoms with van der Waals surface area (Å²) in [6, 6.07) is 19.9. The van der Waals surface area contributed by atoms with Gasteiger partial charge in [0, 0.05) is 74.6 Å². The van der Waals surface area contributed by atoms with Gasteiger partial charge >= 0.3 is 11.9 Å². The van der Waals surface area contributed by atoms with E-state index in [2.05, 4.69) is 51.2 Å². The van der Waals surface area contributed by atoms with Crippen LogP contribution in [0.3, 0.4) is 0 Å². The Morgan fingerprint density at radius 2 is 0.756 bits per heavy atom. The number of nitrogens with two attached hydrogens (primary N) is 4. The summed E-state index contributed by atoms with van der Waals surface area (Å²) < 4.78 is 66.5. The zero-order valence-electron chi connectivity index (χ0n) is 41.1. The van der Waals surface area contributed by atoms with Gasteiger partial charge in [0.1, 0.15) is 0 Å². The van der Waals surface area contributed by atoms with Crippen molar-refractivity contribution < 1.29 is 55.1 Å². The van der Waals surface area contributed by atoms with Gasteiger partial charge in [0.2, 0.25) is 78.0 Å². The molecule has 0 radical (unpaired) electrons. The number of ether oxygens (including phenoxy) is 2. The number of halogens is 2. The molecule has 4 aromatic carbocycles. The average Bonchev–Trinajstić information content (AvgIpc) is 3.44. The van der Waals surface area contributed by atoms with Crippen molar-refractivity contribution in [2.75, 3.05) is 61.7 Å². The van der Waals surface area contributed by atoms with Crippen molar-refractivity contribution in [1.29, 1.82) is 0 Å². The smallest absolute Gasteiger partial charge is 0.338 e. The van der Waals surface area contributed by atoms with Crippen molar-refractivity contribution in [2.45, 2.75) is 35.5 Å². The monoisotopic (exact) mass is 1150 g/mol. The van der Waals surface area contributed by atoms with Crippen LogP contribution in [-0.4, -0.2) is 131 Å². The summed E-state index contributed by atoms with van der Waals surface area (Å²) in [6.07, 6.45) is -1.24. The molecule has 0 fully saturated rings. The van der Waals surface area contributed by atoms with Crippen LogP contribution in [0.25, 0.3) is 11.1 Å². The molecule has 0 bridgehead atoms. The van der Waals surface area contributed by atoms with Crippen molar-refractivity contribution in [2.24, 2.45) is 22.9 Å². The van der Waals surface area contributed by atoms with Crippen molar-refractivity contribution in [1.82, 2.24) is 38.5 Å². The molecule has 0 unspecified atom stereocenters. The Kier molecular flexibility index (Phi) is 19.5. The van der Waals surface area contributed by atoms with Crippen molar-refractivity contribution >= 4 is 125 Å². The lowest BCUT2D eigenvalue weighted by Crippen LogP contribution is -2.36. The molecule has 32 heteroatoms. The van der Waals surface area contributed by atoms with E-state index in [1.165, 1.54) is 84.9 Å². The van der Waals surface area contributed by atoms with Crippen LogP contribution in [0.5, 0.6) is 0 Å². The highest BCUT2D eigenvalue weighted by Crippen LogP contribution is 2.34. The molecule has 78 heavy (non-hydrogen) atoms. The molecule has 4 amide bonds. The van der Waals surface area contributed by atoms with E-state index in [1.807, 2.05) is 0 Å². The molecule has 0 aliphatic carbocycles. The van der Waals surface area contributed by atoms with Gasteiger partial charge in [-0.15, -0.1) is 0 Å². The Morgan fingerprint density at radius 1 is 0.462 bits per heavy atom. The van der Waals surface area contributed by atoms with E-state index in [-0.39, 0.29) is 141 Å². The van der Waals surface area contributed by atoms with Crippen LogP contribution in [0.2, 0.25) is 10.6 Å². The van der Waals surface area contributed by atoms with Gasteiger partial charge in [-0.05, 0) is 95.0 Å². The summed E-state index contributed by atoms with van der Waals surface area (Å²) in [4.78, 5) is 97.4. The molecule has 6 aromatic rings. The van der Waals surface area contributed by atoms with E-state index >= 15 is 0 Å². The molecule has 0 aliphatic heterocycles. The first-order valence-electron chi connectivity index (χ1n) is 22.7. The van der Waals surface area contributed by atoms with Gasteiger partial charge in [-0.25, -0.2) is 26.4 Å². The van der Waals surface area contributed by atoms with Crippen molar-refractivity contribution in [3.8, 4) is 11.1 Å². The number of esters is 2. The Balaban J connectivity index is 1.23. The maximum atomic E-state index is 13.6. The number of nitrogens with zero attached hydrogens (tertiary/aromatic N) is 8. The van der Waals surface area contributed by atoms with E-state index in [1.54, 1.807) is 0 Å². The SMILES string of the molecule is COC(=O)c1cc(Nc2nc(Cl)nc(Nc3cccc(S(=O)(=O)N(CCC(N)=O)CCC(N)=O)c3)n2)ccc1-c1ccc(Nc2nc(Cl)nc(Nc3cccc(S(=O)(=O)N(CCC(N)=O)CCC(N)=O)c3)n2)cc1C(=O)OC. The molecule has 6 rings (SSSR count). The van der Waals surface area contributed by atoms with Crippen LogP contribution in [0.1, 0.15) is 46.4 Å². The number of primary amides is 4. The Hall–Kier alpha value is -8.68. The molecule has 410 valence electrons. The summed E-state index contributed by atoms with van der Waals surface area (Å²) in [5.41, 5.74) is 22.2. The number of carbonyl (C=O) groups is 6. The number of benzene rings is 4. The summed E-state index contributed by atoms with van der Waals surface area (Å²) >= 11 is 12.6. The fourth-order valence-corrected chi connectivity index (χ4v) is 10.4. The van der Waals surface area contributed by atoms with Crippen LogP contribution in [-0.2, 0) is 48.7 Å². The zero-order valence-corrected chi connectivity index (χ0v) is 44.2. The standard InChI is InChI=1S/C46H48Cl2N16O12S2/c1-75-39(69)33-23-27(55-45-59-41(47)57-43(61-45)53-25-5-3-7-29(21-25)77(71,72)63(17-13-35(49)65)18-14-36(50)66)9-11-31(33)32-12-10-28(24-34(32)40(70)76-2)56-46-60-42(48)58-44(62-46)54-26-6-4-8-30(22-26)78(73,74)64(19-15-37(51)67)20-16-38(52)68/h3-12,21-24H,13-20H2,1-2H3,(H2,49,65)(H2,50,66)(H2,51,67)(H2,52,68)(H2,53,55,57,59,61)(H2,54,56,58,60,62). The largest absolute Gasteiger partial charge is 0.465 e. The number of aromatic nitrogens is 6. The molecule has 0 atom stereocenters. The van der Waals surface area contributed by atoms with Gasteiger partial charge in [-0.3, -0.25) is 19.2 Å². The minimum atomic E-state index is -4.27. The molecule has 2 heterocycles. The van der Waals surface area contributed by atoms with Crippen LogP contribution in [0.4, 0.5) is 46.5 Å². The van der Waals surface area contributed by atoms with Gasteiger partial charge in [0.05, 0.1) is 35.1 Å². The molecule has 0 spiro atoms. The molecule has 0 saturated carbocycles. The number of hydrogen-bond donors (Lipinski definition) is 8. The topological polar surface area (TPSA) is 425 Å². The molecule has 28 nitrogen and oxygen atoms in total. The van der Waals surface area contributed by atoms with E-state index in [0.29, 0.717) is 0 Å². The third-order valence-corrected chi connectivity index (χ3v) is 14.9. The van der Waals surface area contributed by atoms with Gasteiger partial charge in [0.15, 0.2) is 0 Å². The van der Waals surface area contributed by atoms with Crippen LogP contribution in [0.15, 0.2) is 94.7 Å². The summed E-state index contributed by atoms with van der Waals surface area (Å²) in [7, 11) is -6.23. The second-order valence-electron chi connectivity index (χ2n) is 16.2. The number of amides is 4. The minimum absolute atomic E-state index is 0.0357. The third-order valence-electron chi connectivity index (χ3n) is 10.8. The number of hydrogen-bond acceptors (Lipinski definition) is 22. The lowest BCUT2D eigenvalue weighted by molar-refractivity contribution is -0.119. The highest BCUT2D eigenvalue weighted by molar-refractivity contribution is 7.89. The fourth-order valence-electron chi connectivity index (χ4n) is 7.12. The normalized spacial score (nSPS) is 11.4. The van der Waals surface area contributed by atoms with Crippen molar-refractivity contribution in [3.05, 3.63) is 107 Å². The van der Waals surface area contributed by atoms with Crippen LogP contribution < -0.4 is 44.2 Å². The summed E-state index contributed by atoms with van der Waals surface area (Å²) in [6.45, 7) is -1.21. The summed E-state index contributed by atoms with van der Waals surface area (Å²) in [5.74, 6) is -5.17. The Labute approximate surface area is 454 Å². The number of rotatable bonds is 27. The van der Waals surface area contributed by atoms with Gasteiger partial charge in [0.25, 0.3) is 0 Å². The lowest BCUT2D eigenvalue weighted by Gasteiger charge is -2.21. The Bertz CT molecular complexity index is 3260. The average molecular weight is 1150 g/mol. The van der Waals surface area contributed by atoms with E-state index in [4.69, 9.17) is 55.6 Å². The molecular formula is C46H48Cl2N16O12S2. The quantitative estimate of drug-likeness (QED) is 0.0344. The Morgan fingerprint density at radius 3 is 1.04 bits per heavy atom.